The smallest absolute Gasteiger partial charge is 0.280 e. The Morgan fingerprint density at radius 1 is 1.33 bits per heavy atom. The summed E-state index contributed by atoms with van der Waals surface area (Å²) in [6.45, 7) is 1.09. The summed E-state index contributed by atoms with van der Waals surface area (Å²) in [6.07, 6.45) is 2.27. The van der Waals surface area contributed by atoms with Crippen molar-refractivity contribution in [3.8, 4) is 11.6 Å². The molecular weight excluding hydrogens is 292 g/mol. The predicted molar refractivity (Wildman–Crippen MR) is 76.6 cm³/mol. The number of nitrogens with two attached hydrogens (primary N) is 1. The summed E-state index contributed by atoms with van der Waals surface area (Å²) < 4.78 is 6.84. The van der Waals surface area contributed by atoms with Crippen LogP contribution in [-0.4, -0.2) is 31.7 Å². The lowest BCUT2D eigenvalue weighted by molar-refractivity contribution is 0.422. The minimum absolute atomic E-state index is 0.343. The van der Waals surface area contributed by atoms with E-state index in [1.165, 1.54) is 0 Å². The lowest BCUT2D eigenvalue weighted by atomic mass is 10.1. The molecule has 0 spiro atoms. The molecule has 0 bridgehead atoms. The van der Waals surface area contributed by atoms with Gasteiger partial charge in [0.15, 0.2) is 11.5 Å². The molecule has 8 heteroatoms. The predicted octanol–water partition coefficient (Wildman–Crippen LogP) is 1.53. The van der Waals surface area contributed by atoms with E-state index in [1.807, 2.05) is 24.3 Å². The molecule has 0 fully saturated rings. The highest BCUT2D eigenvalue weighted by molar-refractivity contribution is 6.30. The summed E-state index contributed by atoms with van der Waals surface area (Å²) in [7, 11) is 0. The molecule has 3 aromatic rings. The van der Waals surface area contributed by atoms with Crippen LogP contribution in [0.25, 0.3) is 11.6 Å². The molecule has 2 aromatic heterocycles. The maximum atomic E-state index is 5.95. The second-order valence-electron chi connectivity index (χ2n) is 4.48. The van der Waals surface area contributed by atoms with Crippen LogP contribution in [0.1, 0.15) is 11.4 Å². The Kier molecular flexibility index (Phi) is 3.94. The van der Waals surface area contributed by atoms with Crippen molar-refractivity contribution in [3.05, 3.63) is 46.9 Å². The molecule has 0 saturated heterocycles. The van der Waals surface area contributed by atoms with Crippen molar-refractivity contribution < 1.29 is 4.52 Å². The van der Waals surface area contributed by atoms with Crippen LogP contribution < -0.4 is 5.73 Å². The molecule has 2 heterocycles. The molecule has 3 rings (SSSR count). The van der Waals surface area contributed by atoms with E-state index in [4.69, 9.17) is 21.9 Å². The van der Waals surface area contributed by atoms with E-state index in [0.717, 1.165) is 5.56 Å². The highest BCUT2D eigenvalue weighted by atomic mass is 35.5. The minimum atomic E-state index is 0.343. The molecule has 0 saturated carbocycles. The van der Waals surface area contributed by atoms with E-state index >= 15 is 0 Å². The molecule has 2 N–H and O–H groups in total. The van der Waals surface area contributed by atoms with Crippen LogP contribution in [0.5, 0.6) is 0 Å². The zero-order chi connectivity index (χ0) is 14.7. The van der Waals surface area contributed by atoms with E-state index in [0.29, 0.717) is 41.9 Å². The Hall–Kier alpha value is -2.25. The zero-order valence-electron chi connectivity index (χ0n) is 11.1. The number of rotatable bonds is 5. The quantitative estimate of drug-likeness (QED) is 0.768. The molecule has 1 aromatic carbocycles. The average molecular weight is 305 g/mol. The lowest BCUT2D eigenvalue weighted by Crippen LogP contribution is -2.10. The fourth-order valence-electron chi connectivity index (χ4n) is 1.90. The molecule has 0 aliphatic carbocycles. The largest absolute Gasteiger partial charge is 0.332 e. The molecule has 0 aliphatic rings. The Morgan fingerprint density at radius 3 is 3.05 bits per heavy atom. The molecule has 0 unspecified atom stereocenters. The Labute approximate surface area is 125 Å². The summed E-state index contributed by atoms with van der Waals surface area (Å²) in [6, 6.07) is 7.54. The monoisotopic (exact) mass is 304 g/mol. The van der Waals surface area contributed by atoms with Crippen molar-refractivity contribution in [1.29, 1.82) is 0 Å². The Bertz CT molecular complexity index is 738. The van der Waals surface area contributed by atoms with Gasteiger partial charge in [0.2, 0.25) is 0 Å². The first-order chi connectivity index (χ1) is 10.2. The van der Waals surface area contributed by atoms with E-state index in [2.05, 4.69) is 20.5 Å². The van der Waals surface area contributed by atoms with Crippen molar-refractivity contribution in [3.63, 3.8) is 0 Å². The number of hydrogen-bond donors (Lipinski definition) is 1. The number of hydrogen-bond acceptors (Lipinski definition) is 6. The Morgan fingerprint density at radius 2 is 2.24 bits per heavy atom. The van der Waals surface area contributed by atoms with E-state index in [-0.39, 0.29) is 0 Å². The number of halogens is 1. The molecule has 0 radical (unpaired) electrons. The molecule has 0 amide bonds. The fourth-order valence-corrected chi connectivity index (χ4v) is 2.11. The van der Waals surface area contributed by atoms with Gasteiger partial charge in [0.1, 0.15) is 0 Å². The first-order valence-corrected chi connectivity index (χ1v) is 6.80. The summed E-state index contributed by atoms with van der Waals surface area (Å²) in [5.74, 6) is 0.913. The summed E-state index contributed by atoms with van der Waals surface area (Å²) in [5.41, 5.74) is 7.01. The number of aromatic nitrogens is 5. The first-order valence-electron chi connectivity index (χ1n) is 6.42. The van der Waals surface area contributed by atoms with Gasteiger partial charge in [-0.05, 0) is 17.7 Å². The van der Waals surface area contributed by atoms with E-state index in [1.54, 1.807) is 10.9 Å². The SMILES string of the molecule is NCCn1cc(-c2nc(Cc3cccc(Cl)c3)no2)nn1. The second kappa shape index (κ2) is 6.02. The average Bonchev–Trinajstić information content (AvgIpc) is 3.08. The van der Waals surface area contributed by atoms with Gasteiger partial charge >= 0.3 is 0 Å². The van der Waals surface area contributed by atoms with Gasteiger partial charge in [0.05, 0.1) is 12.7 Å². The van der Waals surface area contributed by atoms with Crippen LogP contribution in [-0.2, 0) is 13.0 Å². The van der Waals surface area contributed by atoms with Crippen molar-refractivity contribution >= 4 is 11.6 Å². The summed E-state index contributed by atoms with van der Waals surface area (Å²) in [4.78, 5) is 4.31. The van der Waals surface area contributed by atoms with Gasteiger partial charge in [-0.1, -0.05) is 34.1 Å². The van der Waals surface area contributed by atoms with Crippen molar-refractivity contribution in [2.75, 3.05) is 6.54 Å². The van der Waals surface area contributed by atoms with Gasteiger partial charge in [-0.25, -0.2) is 0 Å². The molecule has 0 atom stereocenters. The number of nitrogens with zero attached hydrogens (tertiary/aromatic N) is 5. The Balaban J connectivity index is 1.76. The maximum Gasteiger partial charge on any atom is 0.280 e. The minimum Gasteiger partial charge on any atom is -0.332 e. The third kappa shape index (κ3) is 3.26. The van der Waals surface area contributed by atoms with E-state index in [9.17, 15) is 0 Å². The van der Waals surface area contributed by atoms with Gasteiger partial charge in [-0.15, -0.1) is 5.10 Å². The van der Waals surface area contributed by atoms with Crippen LogP contribution in [0, 0.1) is 0 Å². The number of benzene rings is 1. The summed E-state index contributed by atoms with van der Waals surface area (Å²) >= 11 is 5.95. The zero-order valence-corrected chi connectivity index (χ0v) is 11.9. The maximum absolute atomic E-state index is 5.95. The van der Waals surface area contributed by atoms with Gasteiger partial charge in [0, 0.05) is 18.0 Å². The van der Waals surface area contributed by atoms with Gasteiger partial charge in [-0.2, -0.15) is 4.98 Å². The fraction of sp³-hybridized carbons (Fsp3) is 0.231. The molecule has 21 heavy (non-hydrogen) atoms. The normalized spacial score (nSPS) is 11.0. The van der Waals surface area contributed by atoms with Crippen LogP contribution in [0.4, 0.5) is 0 Å². The van der Waals surface area contributed by atoms with Gasteiger partial charge < -0.3 is 10.3 Å². The van der Waals surface area contributed by atoms with Crippen molar-refractivity contribution in [1.82, 2.24) is 25.1 Å². The van der Waals surface area contributed by atoms with Crippen LogP contribution in [0.15, 0.2) is 35.0 Å². The third-order valence-corrected chi connectivity index (χ3v) is 3.07. The van der Waals surface area contributed by atoms with Crippen LogP contribution in [0.2, 0.25) is 5.02 Å². The molecule has 0 aliphatic heterocycles. The van der Waals surface area contributed by atoms with Gasteiger partial charge in [0.25, 0.3) is 5.89 Å². The van der Waals surface area contributed by atoms with Crippen molar-refractivity contribution in [2.24, 2.45) is 5.73 Å². The van der Waals surface area contributed by atoms with Crippen LogP contribution >= 0.6 is 11.6 Å². The molecule has 7 nitrogen and oxygen atoms in total. The van der Waals surface area contributed by atoms with E-state index < -0.39 is 0 Å². The van der Waals surface area contributed by atoms with Gasteiger partial charge in [-0.3, -0.25) is 4.68 Å². The lowest BCUT2D eigenvalue weighted by Gasteiger charge is -1.96. The first kappa shape index (κ1) is 13.7. The molecule has 108 valence electrons. The summed E-state index contributed by atoms with van der Waals surface area (Å²) in [5, 5.41) is 12.5. The second-order valence-corrected chi connectivity index (χ2v) is 4.91. The standard InChI is InChI=1S/C13H13ClN6O/c14-10-3-1-2-9(6-10)7-12-16-13(21-18-12)11-8-20(5-4-15)19-17-11/h1-3,6,8H,4-5,7,15H2. The topological polar surface area (TPSA) is 95.7 Å². The molecular formula is C13H13ClN6O. The van der Waals surface area contributed by atoms with Crippen LogP contribution in [0.3, 0.4) is 0 Å². The highest BCUT2D eigenvalue weighted by Crippen LogP contribution is 2.17. The van der Waals surface area contributed by atoms with Crippen molar-refractivity contribution in [2.45, 2.75) is 13.0 Å². The highest BCUT2D eigenvalue weighted by Gasteiger charge is 2.13. The third-order valence-electron chi connectivity index (χ3n) is 2.84.